The number of hydrogen-bond acceptors (Lipinski definition) is 5. The minimum atomic E-state index is -0.558. The molecule has 1 fully saturated rings. The van der Waals surface area contributed by atoms with Crippen molar-refractivity contribution >= 4 is 23.6 Å². The van der Waals surface area contributed by atoms with E-state index in [0.29, 0.717) is 25.2 Å². The van der Waals surface area contributed by atoms with Crippen molar-refractivity contribution in [3.63, 3.8) is 0 Å². The molecule has 3 amide bonds. The molecule has 2 aliphatic rings. The van der Waals surface area contributed by atoms with Gasteiger partial charge in [0, 0.05) is 32.0 Å². The van der Waals surface area contributed by atoms with E-state index in [1.54, 1.807) is 6.07 Å². The van der Waals surface area contributed by atoms with Gasteiger partial charge in [-0.3, -0.25) is 9.59 Å². The van der Waals surface area contributed by atoms with Gasteiger partial charge in [-0.15, -0.1) is 0 Å². The number of nitrogens with zero attached hydrogens (tertiary/aromatic N) is 3. The Morgan fingerprint density at radius 1 is 1.10 bits per heavy atom. The highest BCUT2D eigenvalue weighted by atomic mass is 19.1. The third-order valence-electron chi connectivity index (χ3n) is 5.37. The van der Waals surface area contributed by atoms with Crippen LogP contribution >= 0.6 is 0 Å². The van der Waals surface area contributed by atoms with Crippen LogP contribution in [0.4, 0.5) is 14.9 Å². The van der Waals surface area contributed by atoms with Crippen LogP contribution in [0.25, 0.3) is 0 Å². The number of ether oxygens (including phenoxy) is 1. The molecule has 2 aromatic rings. The van der Waals surface area contributed by atoms with Crippen LogP contribution in [0.2, 0.25) is 0 Å². The van der Waals surface area contributed by atoms with Crippen molar-refractivity contribution in [1.29, 1.82) is 0 Å². The molecule has 1 aromatic carbocycles. The van der Waals surface area contributed by atoms with E-state index in [0.717, 1.165) is 16.0 Å². The van der Waals surface area contributed by atoms with E-state index in [1.807, 2.05) is 13.8 Å². The molecule has 4 rings (SSSR count). The monoisotopic (exact) mass is 411 g/mol. The fraction of sp³-hybridized carbons (Fsp3) is 0.364. The first-order valence-corrected chi connectivity index (χ1v) is 9.78. The second-order valence-corrected chi connectivity index (χ2v) is 8.45. The van der Waals surface area contributed by atoms with E-state index in [1.165, 1.54) is 35.4 Å². The molecule has 0 atom stereocenters. The van der Waals surface area contributed by atoms with Crippen LogP contribution in [0.5, 0.6) is 5.88 Å². The van der Waals surface area contributed by atoms with Gasteiger partial charge in [0.05, 0.1) is 11.9 Å². The zero-order valence-corrected chi connectivity index (χ0v) is 16.9. The molecule has 0 unspecified atom stereocenters. The normalized spacial score (nSPS) is 18.2. The summed E-state index contributed by atoms with van der Waals surface area (Å²) in [7, 11) is 0. The Balaban J connectivity index is 1.41. The minimum absolute atomic E-state index is 0.0749. The molecular formula is C22H22FN3O4. The summed E-state index contributed by atoms with van der Waals surface area (Å²) in [4.78, 5) is 44.0. The number of benzene rings is 1. The molecule has 30 heavy (non-hydrogen) atoms. The molecule has 0 aliphatic carbocycles. The number of hydrogen-bond donors (Lipinski definition) is 0. The molecule has 2 aliphatic heterocycles. The van der Waals surface area contributed by atoms with Crippen molar-refractivity contribution in [1.82, 2.24) is 9.88 Å². The molecule has 156 valence electrons. The average molecular weight is 411 g/mol. The van der Waals surface area contributed by atoms with Gasteiger partial charge in [0.1, 0.15) is 5.82 Å². The van der Waals surface area contributed by atoms with Crippen LogP contribution in [0, 0.1) is 11.2 Å². The fourth-order valence-electron chi connectivity index (χ4n) is 3.86. The number of aromatic nitrogens is 1. The molecule has 1 aromatic heterocycles. The maximum absolute atomic E-state index is 13.3. The van der Waals surface area contributed by atoms with E-state index >= 15 is 0 Å². The third kappa shape index (κ3) is 4.03. The lowest BCUT2D eigenvalue weighted by atomic mass is 9.81. The molecule has 0 radical (unpaired) electrons. The number of pyridine rings is 1. The highest BCUT2D eigenvalue weighted by molar-refractivity contribution is 6.16. The van der Waals surface area contributed by atoms with Crippen molar-refractivity contribution in [3.8, 4) is 5.88 Å². The molecule has 7 nitrogen and oxygen atoms in total. The van der Waals surface area contributed by atoms with Gasteiger partial charge in [0.15, 0.2) is 0 Å². The maximum atomic E-state index is 13.3. The summed E-state index contributed by atoms with van der Waals surface area (Å²) in [5, 5.41) is 0. The van der Waals surface area contributed by atoms with Gasteiger partial charge in [-0.1, -0.05) is 19.9 Å². The van der Waals surface area contributed by atoms with Crippen LogP contribution in [-0.2, 0) is 22.6 Å². The molecule has 0 spiro atoms. The predicted octanol–water partition coefficient (Wildman–Crippen LogP) is 3.46. The Labute approximate surface area is 173 Å². The molecule has 0 saturated carbocycles. The standard InChI is InChI=1S/C22H22FN3O4/c1-22(2)10-19(27)26(20(28)11-22)17-5-6-18(24-12-17)30-21(29)25-8-7-14-9-16(23)4-3-15(14)13-25/h3-6,9,12H,7-8,10-11,13H2,1-2H3. The van der Waals surface area contributed by atoms with Crippen LogP contribution in [0.3, 0.4) is 0 Å². The summed E-state index contributed by atoms with van der Waals surface area (Å²) >= 11 is 0. The number of rotatable bonds is 2. The van der Waals surface area contributed by atoms with Gasteiger partial charge >= 0.3 is 6.09 Å². The highest BCUT2D eigenvalue weighted by Crippen LogP contribution is 2.34. The SMILES string of the molecule is CC1(C)CC(=O)N(c2ccc(OC(=O)N3CCc4cc(F)ccc4C3)nc2)C(=O)C1. The van der Waals surface area contributed by atoms with Gasteiger partial charge < -0.3 is 9.64 Å². The number of fused-ring (bicyclic) bond motifs is 1. The number of imide groups is 1. The van der Waals surface area contributed by atoms with Crippen LogP contribution in [-0.4, -0.2) is 34.3 Å². The summed E-state index contributed by atoms with van der Waals surface area (Å²) in [6.07, 6.45) is 1.89. The zero-order valence-electron chi connectivity index (χ0n) is 16.9. The van der Waals surface area contributed by atoms with E-state index < -0.39 is 6.09 Å². The van der Waals surface area contributed by atoms with E-state index in [9.17, 15) is 18.8 Å². The lowest BCUT2D eigenvalue weighted by molar-refractivity contribution is -0.132. The Kier molecular flexibility index (Phi) is 5.01. The van der Waals surface area contributed by atoms with Crippen molar-refractivity contribution in [2.24, 2.45) is 5.41 Å². The lowest BCUT2D eigenvalue weighted by Gasteiger charge is -2.34. The predicted molar refractivity (Wildman–Crippen MR) is 106 cm³/mol. The third-order valence-corrected chi connectivity index (χ3v) is 5.37. The van der Waals surface area contributed by atoms with Gasteiger partial charge in [0.25, 0.3) is 0 Å². The number of halogens is 1. The Morgan fingerprint density at radius 3 is 2.50 bits per heavy atom. The summed E-state index contributed by atoms with van der Waals surface area (Å²) < 4.78 is 18.7. The second-order valence-electron chi connectivity index (χ2n) is 8.45. The number of amides is 3. The number of carbonyl (C=O) groups is 3. The maximum Gasteiger partial charge on any atom is 0.416 e. The van der Waals surface area contributed by atoms with Gasteiger partial charge in [-0.05, 0) is 41.2 Å². The topological polar surface area (TPSA) is 79.8 Å². The highest BCUT2D eigenvalue weighted by Gasteiger charge is 2.38. The molecular weight excluding hydrogens is 389 g/mol. The molecule has 8 heteroatoms. The second kappa shape index (κ2) is 7.51. The van der Waals surface area contributed by atoms with Crippen molar-refractivity contribution in [2.45, 2.75) is 39.7 Å². The summed E-state index contributed by atoms with van der Waals surface area (Å²) in [5.41, 5.74) is 1.77. The first kappa shape index (κ1) is 20.0. The Hall–Kier alpha value is -3.29. The summed E-state index contributed by atoms with van der Waals surface area (Å²) in [6, 6.07) is 7.53. The lowest BCUT2D eigenvalue weighted by Crippen LogP contribution is -2.46. The zero-order chi connectivity index (χ0) is 21.5. The molecule has 0 N–H and O–H groups in total. The van der Waals surface area contributed by atoms with Crippen molar-refractivity contribution in [3.05, 3.63) is 53.5 Å². The molecule has 0 bridgehead atoms. The average Bonchev–Trinajstić information content (AvgIpc) is 2.67. The number of anilines is 1. The quantitative estimate of drug-likeness (QED) is 0.707. The fourth-order valence-corrected chi connectivity index (χ4v) is 3.86. The van der Waals surface area contributed by atoms with Gasteiger partial charge in [0.2, 0.25) is 17.7 Å². The Morgan fingerprint density at radius 2 is 1.83 bits per heavy atom. The van der Waals surface area contributed by atoms with Crippen molar-refractivity contribution in [2.75, 3.05) is 11.4 Å². The van der Waals surface area contributed by atoms with Crippen LogP contribution < -0.4 is 9.64 Å². The Bertz CT molecular complexity index is 1000. The minimum Gasteiger partial charge on any atom is -0.391 e. The smallest absolute Gasteiger partial charge is 0.391 e. The molecule has 3 heterocycles. The van der Waals surface area contributed by atoms with Gasteiger partial charge in [-0.2, -0.15) is 0 Å². The van der Waals surface area contributed by atoms with Crippen LogP contribution in [0.1, 0.15) is 37.8 Å². The van der Waals surface area contributed by atoms with Crippen molar-refractivity contribution < 1.29 is 23.5 Å². The molecule has 1 saturated heterocycles. The summed E-state index contributed by atoms with van der Waals surface area (Å²) in [6.45, 7) is 4.52. The number of piperidine rings is 1. The number of carbonyl (C=O) groups excluding carboxylic acids is 3. The summed E-state index contributed by atoms with van der Waals surface area (Å²) in [5.74, 6) is -0.758. The van der Waals surface area contributed by atoms with E-state index in [4.69, 9.17) is 4.74 Å². The van der Waals surface area contributed by atoms with Crippen LogP contribution in [0.15, 0.2) is 36.5 Å². The van der Waals surface area contributed by atoms with E-state index in [2.05, 4.69) is 4.98 Å². The largest absolute Gasteiger partial charge is 0.416 e. The first-order valence-electron chi connectivity index (χ1n) is 9.78. The van der Waals surface area contributed by atoms with E-state index in [-0.39, 0.29) is 41.8 Å². The van der Waals surface area contributed by atoms with Gasteiger partial charge in [-0.25, -0.2) is 19.1 Å². The first-order chi connectivity index (χ1) is 14.2.